The molecular weight excluding hydrogens is 252 g/mol. The molecule has 0 radical (unpaired) electrons. The molecule has 4 heteroatoms. The molecule has 1 aromatic rings. The van der Waals surface area contributed by atoms with Gasteiger partial charge in [0.1, 0.15) is 12.3 Å². The number of nitrogens with zero attached hydrogens (tertiary/aromatic N) is 2. The fourth-order valence-electron chi connectivity index (χ4n) is 2.19. The molecule has 0 atom stereocenters. The first-order valence-corrected chi connectivity index (χ1v) is 7.18. The van der Waals surface area contributed by atoms with Crippen LogP contribution >= 0.6 is 0 Å². The molecule has 0 aliphatic heterocycles. The molecule has 0 unspecified atom stereocenters. The van der Waals surface area contributed by atoms with Crippen LogP contribution in [0, 0.1) is 17.2 Å². The van der Waals surface area contributed by atoms with Crippen molar-refractivity contribution in [1.82, 2.24) is 4.90 Å². The van der Waals surface area contributed by atoms with Gasteiger partial charge in [-0.25, -0.2) is 0 Å². The van der Waals surface area contributed by atoms with E-state index in [1.54, 1.807) is 17.0 Å². The maximum absolute atomic E-state index is 12.3. The van der Waals surface area contributed by atoms with Gasteiger partial charge in [0.2, 0.25) is 0 Å². The molecule has 20 heavy (non-hydrogen) atoms. The SMILES string of the molecule is N#CCN(C(=O)c1ccc(OCC2CC2)cc1)C1CC1. The average Bonchev–Trinajstić information content (AvgIpc) is 3.36. The van der Waals surface area contributed by atoms with Crippen molar-refractivity contribution in [1.29, 1.82) is 5.26 Å². The fraction of sp³-hybridized carbons (Fsp3) is 0.500. The Hall–Kier alpha value is -2.02. The van der Waals surface area contributed by atoms with Gasteiger partial charge in [0.15, 0.2) is 0 Å². The number of nitriles is 1. The van der Waals surface area contributed by atoms with Gasteiger partial charge in [-0.15, -0.1) is 0 Å². The van der Waals surface area contributed by atoms with E-state index in [4.69, 9.17) is 10.00 Å². The molecule has 2 aliphatic carbocycles. The Bertz CT molecular complexity index is 524. The van der Waals surface area contributed by atoms with Crippen LogP contribution < -0.4 is 4.74 Å². The van der Waals surface area contributed by atoms with Gasteiger partial charge in [0.25, 0.3) is 5.91 Å². The number of amides is 1. The molecule has 4 nitrogen and oxygen atoms in total. The van der Waals surface area contributed by atoms with E-state index in [0.717, 1.165) is 31.1 Å². The number of rotatable bonds is 6. The van der Waals surface area contributed by atoms with Crippen LogP contribution in [0.3, 0.4) is 0 Å². The Morgan fingerprint density at radius 3 is 2.50 bits per heavy atom. The van der Waals surface area contributed by atoms with Crippen LogP contribution in [0.2, 0.25) is 0 Å². The largest absolute Gasteiger partial charge is 0.493 e. The normalized spacial score (nSPS) is 17.4. The summed E-state index contributed by atoms with van der Waals surface area (Å²) >= 11 is 0. The molecule has 0 bridgehead atoms. The van der Waals surface area contributed by atoms with Crippen LogP contribution in [0.5, 0.6) is 5.75 Å². The molecule has 0 N–H and O–H groups in total. The third-order valence-corrected chi connectivity index (χ3v) is 3.77. The number of hydrogen-bond donors (Lipinski definition) is 0. The third-order valence-electron chi connectivity index (χ3n) is 3.77. The first-order valence-electron chi connectivity index (χ1n) is 7.18. The van der Waals surface area contributed by atoms with Gasteiger partial charge in [-0.2, -0.15) is 5.26 Å². The highest BCUT2D eigenvalue weighted by atomic mass is 16.5. The van der Waals surface area contributed by atoms with Crippen molar-refractivity contribution < 1.29 is 9.53 Å². The van der Waals surface area contributed by atoms with Gasteiger partial charge >= 0.3 is 0 Å². The number of ether oxygens (including phenoxy) is 1. The number of benzene rings is 1. The molecule has 104 valence electrons. The minimum atomic E-state index is -0.0530. The van der Waals surface area contributed by atoms with E-state index in [-0.39, 0.29) is 18.5 Å². The number of hydrogen-bond acceptors (Lipinski definition) is 3. The second kappa shape index (κ2) is 5.54. The summed E-state index contributed by atoms with van der Waals surface area (Å²) in [5.41, 5.74) is 0.630. The summed E-state index contributed by atoms with van der Waals surface area (Å²) in [6, 6.07) is 9.59. The van der Waals surface area contributed by atoms with Crippen LogP contribution in [0.1, 0.15) is 36.0 Å². The van der Waals surface area contributed by atoms with Crippen molar-refractivity contribution >= 4 is 5.91 Å². The fourth-order valence-corrected chi connectivity index (χ4v) is 2.19. The van der Waals surface area contributed by atoms with E-state index in [1.807, 2.05) is 12.1 Å². The van der Waals surface area contributed by atoms with Crippen molar-refractivity contribution in [3.63, 3.8) is 0 Å². The molecule has 0 spiro atoms. The first kappa shape index (κ1) is 13.0. The highest BCUT2D eigenvalue weighted by Gasteiger charge is 2.32. The third kappa shape index (κ3) is 3.11. The van der Waals surface area contributed by atoms with Gasteiger partial charge in [-0.05, 0) is 55.9 Å². The Kier molecular flexibility index (Phi) is 3.60. The van der Waals surface area contributed by atoms with Crippen LogP contribution in [0.15, 0.2) is 24.3 Å². The zero-order chi connectivity index (χ0) is 13.9. The summed E-state index contributed by atoms with van der Waals surface area (Å²) in [7, 11) is 0. The van der Waals surface area contributed by atoms with E-state index >= 15 is 0 Å². The van der Waals surface area contributed by atoms with E-state index in [9.17, 15) is 4.79 Å². The van der Waals surface area contributed by atoms with E-state index in [2.05, 4.69) is 6.07 Å². The predicted octanol–water partition coefficient (Wildman–Crippen LogP) is 2.60. The van der Waals surface area contributed by atoms with Gasteiger partial charge in [0, 0.05) is 11.6 Å². The van der Waals surface area contributed by atoms with Gasteiger partial charge in [0.05, 0.1) is 12.7 Å². The van der Waals surface area contributed by atoms with Gasteiger partial charge in [-0.1, -0.05) is 0 Å². The minimum Gasteiger partial charge on any atom is -0.493 e. The summed E-state index contributed by atoms with van der Waals surface area (Å²) in [4.78, 5) is 14.0. The standard InChI is InChI=1S/C16H18N2O2/c17-9-10-18(14-5-6-14)16(19)13-3-7-15(8-4-13)20-11-12-1-2-12/h3-4,7-8,12,14H,1-2,5-6,10-11H2. The molecule has 1 aromatic carbocycles. The molecule has 2 fully saturated rings. The molecule has 2 saturated carbocycles. The molecule has 0 aromatic heterocycles. The Balaban J connectivity index is 1.63. The lowest BCUT2D eigenvalue weighted by molar-refractivity contribution is 0.0765. The quantitative estimate of drug-likeness (QED) is 0.747. The monoisotopic (exact) mass is 270 g/mol. The topological polar surface area (TPSA) is 53.3 Å². The number of carbonyl (C=O) groups excluding carboxylic acids is 1. The van der Waals surface area contributed by atoms with E-state index in [1.165, 1.54) is 12.8 Å². The van der Waals surface area contributed by atoms with Crippen LogP contribution in [-0.4, -0.2) is 30.0 Å². The average molecular weight is 270 g/mol. The maximum atomic E-state index is 12.3. The molecule has 2 aliphatic rings. The molecule has 3 rings (SSSR count). The van der Waals surface area contributed by atoms with Crippen molar-refractivity contribution in [3.05, 3.63) is 29.8 Å². The summed E-state index contributed by atoms with van der Waals surface area (Å²) in [6.45, 7) is 0.944. The number of carbonyl (C=O) groups is 1. The zero-order valence-electron chi connectivity index (χ0n) is 11.4. The maximum Gasteiger partial charge on any atom is 0.254 e. The second-order valence-electron chi connectivity index (χ2n) is 5.60. The summed E-state index contributed by atoms with van der Waals surface area (Å²) in [5, 5.41) is 8.82. The lowest BCUT2D eigenvalue weighted by Crippen LogP contribution is -2.33. The Morgan fingerprint density at radius 1 is 1.25 bits per heavy atom. The van der Waals surface area contributed by atoms with E-state index in [0.29, 0.717) is 5.56 Å². The van der Waals surface area contributed by atoms with Crippen molar-refractivity contribution in [3.8, 4) is 11.8 Å². The van der Waals surface area contributed by atoms with E-state index < -0.39 is 0 Å². The smallest absolute Gasteiger partial charge is 0.254 e. The summed E-state index contributed by atoms with van der Waals surface area (Å²) in [6.07, 6.45) is 4.55. The van der Waals surface area contributed by atoms with Crippen LogP contribution in [-0.2, 0) is 0 Å². The molecule has 0 heterocycles. The van der Waals surface area contributed by atoms with Crippen molar-refractivity contribution in [2.75, 3.05) is 13.2 Å². The Labute approximate surface area is 118 Å². The predicted molar refractivity (Wildman–Crippen MR) is 74.3 cm³/mol. The van der Waals surface area contributed by atoms with Crippen molar-refractivity contribution in [2.24, 2.45) is 5.92 Å². The Morgan fingerprint density at radius 2 is 1.95 bits per heavy atom. The highest BCUT2D eigenvalue weighted by molar-refractivity contribution is 5.94. The van der Waals surface area contributed by atoms with Gasteiger partial charge in [-0.3, -0.25) is 4.79 Å². The first-order chi connectivity index (χ1) is 9.78. The zero-order valence-corrected chi connectivity index (χ0v) is 11.4. The lowest BCUT2D eigenvalue weighted by Gasteiger charge is -2.19. The van der Waals surface area contributed by atoms with Crippen LogP contribution in [0.25, 0.3) is 0 Å². The summed E-state index contributed by atoms with van der Waals surface area (Å²) in [5.74, 6) is 1.48. The molecular formula is C16H18N2O2. The minimum absolute atomic E-state index is 0.0530. The van der Waals surface area contributed by atoms with Crippen molar-refractivity contribution in [2.45, 2.75) is 31.7 Å². The molecule has 0 saturated heterocycles. The molecule has 1 amide bonds. The van der Waals surface area contributed by atoms with Gasteiger partial charge < -0.3 is 9.64 Å². The highest BCUT2D eigenvalue weighted by Crippen LogP contribution is 2.30. The second-order valence-corrected chi connectivity index (χ2v) is 5.60. The van der Waals surface area contributed by atoms with Crippen LogP contribution in [0.4, 0.5) is 0 Å². The summed E-state index contributed by atoms with van der Waals surface area (Å²) < 4.78 is 5.66. The lowest BCUT2D eigenvalue weighted by atomic mass is 10.2.